The molecule has 0 unspecified atom stereocenters. The van der Waals surface area contributed by atoms with Gasteiger partial charge in [-0.15, -0.1) is 0 Å². The van der Waals surface area contributed by atoms with Gasteiger partial charge in [0, 0.05) is 25.2 Å². The Labute approximate surface area is 217 Å². The molecule has 2 aromatic rings. The van der Waals surface area contributed by atoms with Crippen LogP contribution in [-0.2, 0) is 16.1 Å². The van der Waals surface area contributed by atoms with E-state index in [1.54, 1.807) is 0 Å². The van der Waals surface area contributed by atoms with Crippen molar-refractivity contribution in [2.75, 3.05) is 13.7 Å². The van der Waals surface area contributed by atoms with E-state index >= 15 is 0 Å². The van der Waals surface area contributed by atoms with Crippen molar-refractivity contribution < 1.29 is 23.4 Å². The first-order chi connectivity index (χ1) is 17.6. The van der Waals surface area contributed by atoms with Crippen LogP contribution in [0.4, 0.5) is 8.78 Å². The lowest BCUT2D eigenvalue weighted by Gasteiger charge is -2.62. The smallest absolute Gasteiger partial charge is 0.161 e. The maximum Gasteiger partial charge on any atom is 0.161 e. The van der Waals surface area contributed by atoms with Gasteiger partial charge in [-0.2, -0.15) is 15.0 Å². The summed E-state index contributed by atoms with van der Waals surface area (Å²) < 4.78 is 33.1. The predicted molar refractivity (Wildman–Crippen MR) is 134 cm³/mol. The second kappa shape index (κ2) is 8.80. The van der Waals surface area contributed by atoms with Crippen molar-refractivity contribution in [3.8, 4) is 0 Å². The van der Waals surface area contributed by atoms with E-state index in [1.165, 1.54) is 11.2 Å². The first kappa shape index (κ1) is 25.4. The Morgan fingerprint density at radius 1 is 1.03 bits per heavy atom. The fourth-order valence-electron chi connectivity index (χ4n) is 9.59. The van der Waals surface area contributed by atoms with E-state index in [4.69, 9.17) is 4.74 Å². The van der Waals surface area contributed by atoms with Crippen molar-refractivity contribution in [3.63, 3.8) is 0 Å². The van der Waals surface area contributed by atoms with E-state index in [2.05, 4.69) is 17.1 Å². The lowest BCUT2D eigenvalue weighted by molar-refractivity contribution is -0.175. The highest BCUT2D eigenvalue weighted by Gasteiger charge is 2.63. The molecule has 6 nitrogen and oxygen atoms in total. The zero-order valence-electron chi connectivity index (χ0n) is 22.2. The Kier molecular flexibility index (Phi) is 6.03. The number of nitrogens with zero attached hydrogens (tertiary/aromatic N) is 3. The van der Waals surface area contributed by atoms with Gasteiger partial charge in [0.2, 0.25) is 0 Å². The highest BCUT2D eigenvalue weighted by molar-refractivity contribution is 5.82. The number of methoxy groups -OCH3 is 1. The van der Waals surface area contributed by atoms with E-state index in [9.17, 15) is 18.7 Å². The molecule has 1 aromatic carbocycles. The van der Waals surface area contributed by atoms with Gasteiger partial charge in [0.05, 0.1) is 12.2 Å². The molecule has 4 aliphatic carbocycles. The number of fused-ring (bicyclic) bond motifs is 6. The molecule has 4 fully saturated rings. The van der Waals surface area contributed by atoms with Crippen LogP contribution < -0.4 is 0 Å². The number of carbonyl (C=O) groups is 1. The van der Waals surface area contributed by atoms with Crippen LogP contribution in [0.2, 0.25) is 0 Å². The van der Waals surface area contributed by atoms with E-state index in [1.807, 2.05) is 14.0 Å². The molecule has 4 aliphatic rings. The summed E-state index contributed by atoms with van der Waals surface area (Å²) in [5.41, 5.74) is 0.0203. The average Bonchev–Trinajstić information content (AvgIpc) is 3.39. The molecule has 4 saturated carbocycles. The van der Waals surface area contributed by atoms with Crippen LogP contribution in [0.5, 0.6) is 0 Å². The molecule has 0 aliphatic heterocycles. The molecule has 37 heavy (non-hydrogen) atoms. The number of ether oxygens (including phenoxy) is 1. The van der Waals surface area contributed by atoms with Crippen LogP contribution in [0.3, 0.4) is 0 Å². The first-order valence-corrected chi connectivity index (χ1v) is 14.0. The quantitative estimate of drug-likeness (QED) is 0.584. The van der Waals surface area contributed by atoms with Crippen molar-refractivity contribution in [2.45, 2.75) is 83.8 Å². The summed E-state index contributed by atoms with van der Waals surface area (Å²) in [5, 5.41) is 19.3. The summed E-state index contributed by atoms with van der Waals surface area (Å²) in [6.07, 6.45) is 9.07. The van der Waals surface area contributed by atoms with Gasteiger partial charge in [-0.05, 0) is 99.2 Å². The van der Waals surface area contributed by atoms with E-state index in [-0.39, 0.29) is 40.1 Å². The number of hydrogen-bond donors (Lipinski definition) is 1. The fraction of sp³-hybridized carbons (Fsp3) is 0.759. The Morgan fingerprint density at radius 2 is 1.73 bits per heavy atom. The molecule has 1 aromatic heterocycles. The van der Waals surface area contributed by atoms with Crippen LogP contribution in [0, 0.1) is 52.1 Å². The number of carbonyl (C=O) groups excluding carboxylic acids is 1. The number of aromatic nitrogens is 3. The number of ketones is 1. The molecule has 0 radical (unpaired) electrons. The molecule has 8 atom stereocenters. The third-order valence-electron chi connectivity index (χ3n) is 11.2. The number of hydrogen-bond acceptors (Lipinski definition) is 5. The molecular weight excluding hydrogens is 476 g/mol. The lowest BCUT2D eigenvalue weighted by Crippen LogP contribution is -2.58. The van der Waals surface area contributed by atoms with Gasteiger partial charge in [-0.1, -0.05) is 6.92 Å². The molecule has 0 bridgehead atoms. The van der Waals surface area contributed by atoms with Gasteiger partial charge in [0.1, 0.15) is 17.6 Å². The van der Waals surface area contributed by atoms with E-state index < -0.39 is 17.2 Å². The van der Waals surface area contributed by atoms with Crippen LogP contribution in [-0.4, -0.2) is 45.2 Å². The van der Waals surface area contributed by atoms with E-state index in [0.29, 0.717) is 23.7 Å². The monoisotopic (exact) mass is 515 g/mol. The van der Waals surface area contributed by atoms with Crippen molar-refractivity contribution >= 4 is 16.8 Å². The minimum atomic E-state index is -0.962. The van der Waals surface area contributed by atoms with Gasteiger partial charge >= 0.3 is 0 Å². The standard InChI is InChI=1S/C29H39F2N3O3/c1-27(36)10-11-29(16-37-3)17(14-27)4-5-18-19-6-7-21(28(19,2)9-8-20(18)29)26(35)15-34-32-24-12-22(30)23(31)13-25(24)33-34/h12-13,17-21,36H,4-11,14-16H2,1-3H3/t17-,18-,19-,20-,21+,27+,28-,29+/m0/s1. The Morgan fingerprint density at radius 3 is 2.41 bits per heavy atom. The highest BCUT2D eigenvalue weighted by Crippen LogP contribution is 2.68. The number of benzene rings is 1. The summed E-state index contributed by atoms with van der Waals surface area (Å²) in [4.78, 5) is 14.9. The number of halogens is 2. The molecule has 1 N–H and O–H groups in total. The molecule has 1 heterocycles. The number of rotatable bonds is 5. The topological polar surface area (TPSA) is 77.2 Å². The Bertz CT molecular complexity index is 1180. The second-order valence-electron chi connectivity index (χ2n) is 13.1. The summed E-state index contributed by atoms with van der Waals surface area (Å²) >= 11 is 0. The third-order valence-corrected chi connectivity index (χ3v) is 11.2. The SMILES string of the molecule is COC[C@]12CC[C@@](C)(O)C[C@@H]1CC[C@H]1[C@@H]3CC[C@H](C(=O)Cn4nc5cc(F)c(F)cc5n4)[C@@]3(C)CC[C@@H]12. The zero-order chi connectivity index (χ0) is 26.2. The largest absolute Gasteiger partial charge is 0.390 e. The number of Topliss-reactive ketones (excluding diaryl/α,β-unsaturated/α-hetero) is 1. The zero-order valence-corrected chi connectivity index (χ0v) is 22.2. The first-order valence-electron chi connectivity index (χ1n) is 14.0. The van der Waals surface area contributed by atoms with E-state index in [0.717, 1.165) is 70.1 Å². The minimum absolute atomic E-state index is 0.0315. The average molecular weight is 516 g/mol. The molecule has 8 heteroatoms. The highest BCUT2D eigenvalue weighted by atomic mass is 19.2. The van der Waals surface area contributed by atoms with Gasteiger partial charge in [-0.25, -0.2) is 8.78 Å². The van der Waals surface area contributed by atoms with Crippen LogP contribution in [0.15, 0.2) is 12.1 Å². The molecule has 0 spiro atoms. The summed E-state index contributed by atoms with van der Waals surface area (Å²) in [7, 11) is 1.81. The fourth-order valence-corrected chi connectivity index (χ4v) is 9.59. The van der Waals surface area contributed by atoms with Crippen LogP contribution >= 0.6 is 0 Å². The number of aliphatic hydroxyl groups is 1. The summed E-state index contributed by atoms with van der Waals surface area (Å²) in [5.74, 6) is 0.315. The van der Waals surface area contributed by atoms with Crippen molar-refractivity contribution in [2.24, 2.45) is 40.4 Å². The third kappa shape index (κ3) is 3.96. The van der Waals surface area contributed by atoms with Gasteiger partial charge < -0.3 is 9.84 Å². The molecule has 202 valence electrons. The molecule has 0 amide bonds. The molecular formula is C29H39F2N3O3. The predicted octanol–water partition coefficient (Wildman–Crippen LogP) is 5.32. The molecule has 0 saturated heterocycles. The summed E-state index contributed by atoms with van der Waals surface area (Å²) in [6.45, 7) is 5.11. The van der Waals surface area contributed by atoms with Crippen molar-refractivity contribution in [1.29, 1.82) is 0 Å². The maximum absolute atomic E-state index is 13.6. The Balaban J connectivity index is 1.22. The summed E-state index contributed by atoms with van der Waals surface area (Å²) in [6, 6.07) is 2.06. The normalized spacial score (nSPS) is 41.3. The Hall–Kier alpha value is -1.93. The van der Waals surface area contributed by atoms with Gasteiger partial charge in [0.25, 0.3) is 0 Å². The van der Waals surface area contributed by atoms with Gasteiger partial charge in [-0.3, -0.25) is 4.79 Å². The second-order valence-corrected chi connectivity index (χ2v) is 13.1. The maximum atomic E-state index is 13.6. The van der Waals surface area contributed by atoms with Crippen LogP contribution in [0.25, 0.3) is 11.0 Å². The van der Waals surface area contributed by atoms with Crippen LogP contribution in [0.1, 0.15) is 71.6 Å². The lowest BCUT2D eigenvalue weighted by atomic mass is 9.43. The van der Waals surface area contributed by atoms with Crippen molar-refractivity contribution in [1.82, 2.24) is 15.0 Å². The molecule has 6 rings (SSSR count). The van der Waals surface area contributed by atoms with Crippen molar-refractivity contribution in [3.05, 3.63) is 23.8 Å². The van der Waals surface area contributed by atoms with Gasteiger partial charge in [0.15, 0.2) is 17.4 Å². The minimum Gasteiger partial charge on any atom is -0.390 e.